The van der Waals surface area contributed by atoms with Gasteiger partial charge in [-0.3, -0.25) is 4.90 Å². The summed E-state index contributed by atoms with van der Waals surface area (Å²) in [5.74, 6) is -0.293. The Morgan fingerprint density at radius 1 is 0.971 bits per heavy atom. The van der Waals surface area contributed by atoms with E-state index < -0.39 is 11.6 Å². The Hall–Kier alpha value is -3.99. The smallest absolute Gasteiger partial charge is 0.225 e. The molecule has 6 rings (SSSR count). The highest BCUT2D eigenvalue weighted by Crippen LogP contribution is 2.25. The summed E-state index contributed by atoms with van der Waals surface area (Å²) >= 11 is 0. The highest BCUT2D eigenvalue weighted by molar-refractivity contribution is 5.91. The van der Waals surface area contributed by atoms with E-state index in [0.717, 1.165) is 48.8 Å². The molecule has 1 fully saturated rings. The van der Waals surface area contributed by atoms with Crippen LogP contribution in [0, 0.1) is 11.6 Å². The van der Waals surface area contributed by atoms with E-state index in [1.807, 2.05) is 17.2 Å². The van der Waals surface area contributed by atoms with E-state index in [-0.39, 0.29) is 5.95 Å². The van der Waals surface area contributed by atoms with Gasteiger partial charge in [0.05, 0.1) is 22.9 Å². The molecule has 34 heavy (non-hydrogen) atoms. The predicted molar refractivity (Wildman–Crippen MR) is 123 cm³/mol. The molecule has 4 aromatic heterocycles. The Balaban J connectivity index is 1.17. The SMILES string of the molecule is Nc1nc2c(ccn2CCN2CCN(c3ccc(F)cc3F)CC2)c2nc(-c3ccoc3)nn12. The van der Waals surface area contributed by atoms with E-state index in [1.54, 1.807) is 23.1 Å². The molecule has 0 amide bonds. The van der Waals surface area contributed by atoms with Gasteiger partial charge in [-0.25, -0.2) is 13.8 Å². The van der Waals surface area contributed by atoms with Crippen molar-refractivity contribution in [2.24, 2.45) is 0 Å². The Morgan fingerprint density at radius 2 is 1.82 bits per heavy atom. The lowest BCUT2D eigenvalue weighted by atomic mass is 10.2. The van der Waals surface area contributed by atoms with Crippen molar-refractivity contribution < 1.29 is 13.2 Å². The normalized spacial score (nSPS) is 15.1. The standard InChI is InChI=1S/C23H22F2N8O/c24-16-1-2-19(18(25)13-16)31-9-6-30(7-10-31)8-11-32-5-3-17-21(32)28-23(26)33-22(17)27-20(29-33)15-4-12-34-14-15/h1-5,12-14H,6-11H2,(H2,26,28). The zero-order valence-corrected chi connectivity index (χ0v) is 18.2. The van der Waals surface area contributed by atoms with Gasteiger partial charge in [0.2, 0.25) is 5.95 Å². The molecule has 0 bridgehead atoms. The number of nitrogen functional groups attached to an aromatic ring is 1. The third-order valence-corrected chi connectivity index (χ3v) is 6.28. The Bertz CT molecular complexity index is 1470. The van der Waals surface area contributed by atoms with E-state index in [0.29, 0.717) is 30.2 Å². The molecule has 1 saturated heterocycles. The quantitative estimate of drug-likeness (QED) is 0.427. The first-order valence-electron chi connectivity index (χ1n) is 11.0. The van der Waals surface area contributed by atoms with Crippen LogP contribution in [0.1, 0.15) is 0 Å². The summed E-state index contributed by atoms with van der Waals surface area (Å²) in [6.45, 7) is 4.46. The van der Waals surface area contributed by atoms with E-state index in [9.17, 15) is 8.78 Å². The van der Waals surface area contributed by atoms with Gasteiger partial charge in [-0.2, -0.15) is 9.50 Å². The second-order valence-corrected chi connectivity index (χ2v) is 8.32. The summed E-state index contributed by atoms with van der Waals surface area (Å²) in [4.78, 5) is 13.5. The topological polar surface area (TPSA) is 93.6 Å². The summed E-state index contributed by atoms with van der Waals surface area (Å²) in [7, 11) is 0. The highest BCUT2D eigenvalue weighted by atomic mass is 19.1. The molecule has 9 nitrogen and oxygen atoms in total. The fourth-order valence-electron chi connectivity index (χ4n) is 4.46. The number of aromatic nitrogens is 5. The molecule has 0 radical (unpaired) electrons. The van der Waals surface area contributed by atoms with Crippen LogP contribution in [0.3, 0.4) is 0 Å². The van der Waals surface area contributed by atoms with Crippen LogP contribution in [0.5, 0.6) is 0 Å². The summed E-state index contributed by atoms with van der Waals surface area (Å²) < 4.78 is 36.1. The monoisotopic (exact) mass is 464 g/mol. The second kappa shape index (κ2) is 8.10. The third-order valence-electron chi connectivity index (χ3n) is 6.28. The van der Waals surface area contributed by atoms with Gasteiger partial charge in [0, 0.05) is 51.5 Å². The largest absolute Gasteiger partial charge is 0.472 e. The zero-order chi connectivity index (χ0) is 23.2. The molecule has 0 atom stereocenters. The number of hydrogen-bond donors (Lipinski definition) is 1. The maximum Gasteiger partial charge on any atom is 0.225 e. The summed E-state index contributed by atoms with van der Waals surface area (Å²) in [5, 5.41) is 5.33. The molecule has 1 aliphatic rings. The van der Waals surface area contributed by atoms with E-state index >= 15 is 0 Å². The maximum atomic E-state index is 14.1. The van der Waals surface area contributed by atoms with Gasteiger partial charge >= 0.3 is 0 Å². The number of hydrogen-bond acceptors (Lipinski definition) is 7. The van der Waals surface area contributed by atoms with Gasteiger partial charge in [0.15, 0.2) is 11.5 Å². The fraction of sp³-hybridized carbons (Fsp3) is 0.261. The molecule has 2 N–H and O–H groups in total. The molecule has 5 aromatic rings. The average Bonchev–Trinajstić information content (AvgIpc) is 3.58. The number of benzene rings is 1. The number of nitrogens with zero attached hydrogens (tertiary/aromatic N) is 7. The molecule has 0 aliphatic carbocycles. The van der Waals surface area contributed by atoms with Gasteiger partial charge < -0.3 is 19.6 Å². The highest BCUT2D eigenvalue weighted by Gasteiger charge is 2.21. The molecule has 0 unspecified atom stereocenters. The molecule has 11 heteroatoms. The van der Waals surface area contributed by atoms with Crippen molar-refractivity contribution in [2.75, 3.05) is 43.4 Å². The zero-order valence-electron chi connectivity index (χ0n) is 18.2. The number of furan rings is 1. The molecule has 0 spiro atoms. The number of halogens is 2. The lowest BCUT2D eigenvalue weighted by Crippen LogP contribution is -2.47. The fourth-order valence-corrected chi connectivity index (χ4v) is 4.46. The number of rotatable bonds is 5. The molecule has 1 aromatic carbocycles. The number of fused-ring (bicyclic) bond motifs is 3. The van der Waals surface area contributed by atoms with Crippen molar-refractivity contribution in [3.8, 4) is 11.4 Å². The predicted octanol–water partition coefficient (Wildman–Crippen LogP) is 3.02. The maximum absolute atomic E-state index is 14.1. The van der Waals surface area contributed by atoms with Crippen LogP contribution >= 0.6 is 0 Å². The van der Waals surface area contributed by atoms with Crippen LogP contribution in [0.4, 0.5) is 20.4 Å². The lowest BCUT2D eigenvalue weighted by molar-refractivity contribution is 0.248. The molecular formula is C23H22F2N8O. The van der Waals surface area contributed by atoms with Crippen molar-refractivity contribution in [3.63, 3.8) is 0 Å². The second-order valence-electron chi connectivity index (χ2n) is 8.32. The van der Waals surface area contributed by atoms with Crippen molar-refractivity contribution in [1.82, 2.24) is 29.0 Å². The van der Waals surface area contributed by atoms with Crippen molar-refractivity contribution in [2.45, 2.75) is 6.54 Å². The van der Waals surface area contributed by atoms with Crippen LogP contribution in [0.25, 0.3) is 28.1 Å². The minimum Gasteiger partial charge on any atom is -0.472 e. The lowest BCUT2D eigenvalue weighted by Gasteiger charge is -2.36. The van der Waals surface area contributed by atoms with E-state index in [4.69, 9.17) is 10.2 Å². The van der Waals surface area contributed by atoms with Crippen LogP contribution in [-0.4, -0.2) is 61.8 Å². The van der Waals surface area contributed by atoms with Crippen molar-refractivity contribution in [1.29, 1.82) is 0 Å². The summed E-state index contributed by atoms with van der Waals surface area (Å²) in [6.07, 6.45) is 5.14. The van der Waals surface area contributed by atoms with Crippen molar-refractivity contribution in [3.05, 3.63) is 60.7 Å². The number of nitrogens with two attached hydrogens (primary N) is 1. The van der Waals surface area contributed by atoms with E-state index in [2.05, 4.69) is 24.5 Å². The van der Waals surface area contributed by atoms with Gasteiger partial charge in [-0.1, -0.05) is 0 Å². The first-order chi connectivity index (χ1) is 16.6. The molecular weight excluding hydrogens is 442 g/mol. The number of anilines is 2. The first-order valence-corrected chi connectivity index (χ1v) is 11.0. The number of piperazine rings is 1. The Kier molecular flexibility index (Phi) is 4.91. The average molecular weight is 464 g/mol. The molecule has 5 heterocycles. The molecule has 174 valence electrons. The minimum absolute atomic E-state index is 0.264. The van der Waals surface area contributed by atoms with Crippen LogP contribution in [0.15, 0.2) is 53.5 Å². The molecule has 0 saturated carbocycles. The molecule has 1 aliphatic heterocycles. The Labute approximate surface area is 193 Å². The first kappa shape index (κ1) is 20.6. The summed E-state index contributed by atoms with van der Waals surface area (Å²) in [6, 6.07) is 7.50. The summed E-state index contributed by atoms with van der Waals surface area (Å²) in [5.41, 5.74) is 8.81. The van der Waals surface area contributed by atoms with Gasteiger partial charge in [-0.05, 0) is 24.3 Å². The van der Waals surface area contributed by atoms with E-state index in [1.165, 1.54) is 12.1 Å². The van der Waals surface area contributed by atoms with Crippen molar-refractivity contribution >= 4 is 28.3 Å². The van der Waals surface area contributed by atoms with Gasteiger partial charge in [0.25, 0.3) is 0 Å². The van der Waals surface area contributed by atoms with Gasteiger partial charge in [0.1, 0.15) is 23.5 Å². The minimum atomic E-state index is -0.561. The van der Waals surface area contributed by atoms with Crippen LogP contribution in [0.2, 0.25) is 0 Å². The third kappa shape index (κ3) is 3.54. The van der Waals surface area contributed by atoms with Crippen LogP contribution in [-0.2, 0) is 6.54 Å². The van der Waals surface area contributed by atoms with Crippen LogP contribution < -0.4 is 10.6 Å². The van der Waals surface area contributed by atoms with Gasteiger partial charge in [-0.15, -0.1) is 5.10 Å². The Morgan fingerprint density at radius 3 is 2.59 bits per heavy atom.